The first-order valence-corrected chi connectivity index (χ1v) is 11.0. The van der Waals surface area contributed by atoms with Gasteiger partial charge in [0.1, 0.15) is 0 Å². The fourth-order valence-corrected chi connectivity index (χ4v) is 5.69. The van der Waals surface area contributed by atoms with Gasteiger partial charge >= 0.3 is 174 Å². The van der Waals surface area contributed by atoms with E-state index in [1.54, 1.807) is 0 Å². The Bertz CT molecular complexity index is 1290. The number of carbonyl (C=O) groups is 1. The Morgan fingerprint density at radius 2 is 1.90 bits per heavy atom. The molecule has 0 aliphatic carbocycles. The van der Waals surface area contributed by atoms with Crippen LogP contribution in [-0.2, 0) is 11.3 Å². The van der Waals surface area contributed by atoms with Crippen LogP contribution in [0.15, 0.2) is 59.6 Å². The summed E-state index contributed by atoms with van der Waals surface area (Å²) in [6.07, 6.45) is 0. The van der Waals surface area contributed by atoms with Crippen LogP contribution in [0.3, 0.4) is 0 Å². The van der Waals surface area contributed by atoms with E-state index in [0.29, 0.717) is 17.9 Å². The second kappa shape index (κ2) is 7.03. The Kier molecular flexibility index (Phi) is 4.34. The summed E-state index contributed by atoms with van der Waals surface area (Å²) in [5.41, 5.74) is 4.02. The van der Waals surface area contributed by atoms with E-state index in [2.05, 4.69) is 5.32 Å². The van der Waals surface area contributed by atoms with E-state index < -0.39 is 0 Å². The van der Waals surface area contributed by atoms with Crippen LogP contribution in [0.1, 0.15) is 17.4 Å². The molecule has 1 N–H and O–H groups in total. The molecule has 4 aromatic rings. The van der Waals surface area contributed by atoms with Gasteiger partial charge in [-0.15, -0.1) is 0 Å². The Hall–Kier alpha value is -3.15. The molecule has 0 radical (unpaired) electrons. The fraction of sp³-hybridized carbons (Fsp3) is 0.136. The van der Waals surface area contributed by atoms with E-state index in [0.717, 1.165) is 36.8 Å². The number of anilines is 1. The number of aliphatic imine (C=N–C) groups is 1. The first-order chi connectivity index (χ1) is 14.2. The molecule has 29 heavy (non-hydrogen) atoms. The number of aryl methyl sites for hydroxylation is 1. The molecule has 6 nitrogen and oxygen atoms in total. The number of nitrogens with one attached hydrogen (secondary N) is 1. The van der Waals surface area contributed by atoms with E-state index in [1.165, 1.54) is 7.11 Å². The molecule has 0 fully saturated rings. The number of benzene rings is 2. The summed E-state index contributed by atoms with van der Waals surface area (Å²) in [6.45, 7) is 2.67. The molecule has 0 saturated carbocycles. The van der Waals surface area contributed by atoms with Gasteiger partial charge in [0.15, 0.2) is 0 Å². The summed E-state index contributed by atoms with van der Waals surface area (Å²) in [4.78, 5) is 22.5. The third-order valence-electron chi connectivity index (χ3n) is 4.96. The van der Waals surface area contributed by atoms with Crippen LogP contribution in [0.2, 0.25) is 0 Å². The Labute approximate surface area is 173 Å². The minimum atomic E-state index is -0.384. The number of hydrogen-bond acceptors (Lipinski definition) is 5. The van der Waals surface area contributed by atoms with Crippen molar-refractivity contribution in [2.24, 2.45) is 4.99 Å². The number of fused-ring (bicyclic) bond motifs is 2. The van der Waals surface area contributed by atoms with Gasteiger partial charge in [-0.25, -0.2) is 0 Å². The number of carbonyl (C=O) groups excluding carboxylic acids is 1. The van der Waals surface area contributed by atoms with E-state index in [4.69, 9.17) is 14.7 Å². The predicted molar refractivity (Wildman–Crippen MR) is 117 cm³/mol. The van der Waals surface area contributed by atoms with Gasteiger partial charge in [0.25, 0.3) is 0 Å². The van der Waals surface area contributed by atoms with Crippen LogP contribution in [0.4, 0.5) is 11.4 Å². The first-order valence-electron chi connectivity index (χ1n) is 9.33. The van der Waals surface area contributed by atoms with Gasteiger partial charge in [-0.05, 0) is 0 Å². The quantitative estimate of drug-likeness (QED) is 0.385. The number of para-hydroxylation sites is 2. The van der Waals surface area contributed by atoms with Gasteiger partial charge < -0.3 is 0 Å². The van der Waals surface area contributed by atoms with Crippen molar-refractivity contribution in [3.05, 3.63) is 60.3 Å². The number of rotatable bonds is 3. The maximum atomic E-state index is 12.7. The standard InChI is InChI=1S/C22H18N4O2Se/c1-3-26-18-14-11-7-8-12-15(14)24-20-16(18)17(19(26)21(27)28-2)25-22(29-20)23-13-9-5-4-6-10-13/h4-12H,3H2,1-2H3,(H,23,25). The molecule has 144 valence electrons. The van der Waals surface area contributed by atoms with Crippen molar-refractivity contribution in [1.29, 1.82) is 0 Å². The molecule has 5 rings (SSSR count). The zero-order valence-electron chi connectivity index (χ0n) is 16.0. The van der Waals surface area contributed by atoms with Crippen LogP contribution < -0.4 is 9.91 Å². The average molecular weight is 449 g/mol. The van der Waals surface area contributed by atoms with Crippen LogP contribution in [0.25, 0.3) is 21.8 Å². The Morgan fingerprint density at radius 3 is 2.66 bits per heavy atom. The SMILES string of the molecule is CCn1c(C(=O)OC)c2c3c(nc4ccccc4c31)[Se]C(Nc1ccccc1)=N2. The third-order valence-corrected chi connectivity index (χ3v) is 6.80. The molecule has 0 amide bonds. The molecule has 0 atom stereocenters. The average Bonchev–Trinajstić information content (AvgIpc) is 3.09. The summed E-state index contributed by atoms with van der Waals surface area (Å²) in [5, 5.41) is 5.39. The van der Waals surface area contributed by atoms with Crippen LogP contribution in [0.5, 0.6) is 0 Å². The number of amidine groups is 1. The van der Waals surface area contributed by atoms with Gasteiger partial charge in [-0.1, -0.05) is 0 Å². The van der Waals surface area contributed by atoms with E-state index in [9.17, 15) is 4.79 Å². The second-order valence-electron chi connectivity index (χ2n) is 6.60. The number of methoxy groups -OCH3 is 1. The molecule has 2 aromatic carbocycles. The molecule has 3 heterocycles. The minimum absolute atomic E-state index is 0.113. The zero-order chi connectivity index (χ0) is 20.0. The molecule has 1 aliphatic rings. The van der Waals surface area contributed by atoms with Crippen molar-refractivity contribution < 1.29 is 9.53 Å². The van der Waals surface area contributed by atoms with Gasteiger partial charge in [0, 0.05) is 0 Å². The zero-order valence-corrected chi connectivity index (χ0v) is 17.7. The van der Waals surface area contributed by atoms with E-state index in [1.807, 2.05) is 66.1 Å². The number of esters is 1. The topological polar surface area (TPSA) is 68.5 Å². The van der Waals surface area contributed by atoms with Crippen LogP contribution in [-0.4, -0.2) is 42.3 Å². The maximum absolute atomic E-state index is 12.7. The van der Waals surface area contributed by atoms with Crippen molar-refractivity contribution >= 4 is 63.4 Å². The van der Waals surface area contributed by atoms with Gasteiger partial charge in [0.05, 0.1) is 0 Å². The molecule has 7 heteroatoms. The first kappa shape index (κ1) is 17.9. The summed E-state index contributed by atoms with van der Waals surface area (Å²) in [6, 6.07) is 18.0. The molecule has 0 unspecified atom stereocenters. The molecule has 0 spiro atoms. The van der Waals surface area contributed by atoms with Gasteiger partial charge in [0.2, 0.25) is 0 Å². The monoisotopic (exact) mass is 450 g/mol. The normalized spacial score (nSPS) is 12.8. The van der Waals surface area contributed by atoms with Crippen molar-refractivity contribution in [2.45, 2.75) is 13.5 Å². The molecule has 1 aliphatic heterocycles. The number of ether oxygens (including phenoxy) is 1. The summed E-state index contributed by atoms with van der Waals surface area (Å²) >= 11 is -0.113. The predicted octanol–water partition coefficient (Wildman–Crippen LogP) is 3.44. The summed E-state index contributed by atoms with van der Waals surface area (Å²) in [7, 11) is 1.41. The summed E-state index contributed by atoms with van der Waals surface area (Å²) in [5.74, 6) is -0.384. The molecule has 2 aromatic heterocycles. The van der Waals surface area contributed by atoms with Crippen molar-refractivity contribution in [3.8, 4) is 0 Å². The van der Waals surface area contributed by atoms with Crippen LogP contribution in [0, 0.1) is 0 Å². The number of hydrogen-bond donors (Lipinski definition) is 1. The molecule has 0 bridgehead atoms. The van der Waals surface area contributed by atoms with Crippen molar-refractivity contribution in [1.82, 2.24) is 9.55 Å². The fourth-order valence-electron chi connectivity index (χ4n) is 3.74. The number of pyridine rings is 1. The molecular formula is C22H18N4O2Se. The molecule has 0 saturated heterocycles. The Balaban J connectivity index is 1.82. The van der Waals surface area contributed by atoms with Gasteiger partial charge in [-0.3, -0.25) is 0 Å². The van der Waals surface area contributed by atoms with Crippen molar-refractivity contribution in [2.75, 3.05) is 12.4 Å². The van der Waals surface area contributed by atoms with Crippen LogP contribution >= 0.6 is 0 Å². The Morgan fingerprint density at radius 1 is 1.14 bits per heavy atom. The second-order valence-corrected chi connectivity index (χ2v) is 8.65. The molecular weight excluding hydrogens is 431 g/mol. The number of nitrogens with zero attached hydrogens (tertiary/aromatic N) is 3. The van der Waals surface area contributed by atoms with E-state index in [-0.39, 0.29) is 20.9 Å². The van der Waals surface area contributed by atoms with E-state index >= 15 is 0 Å². The third kappa shape index (κ3) is 2.82. The summed E-state index contributed by atoms with van der Waals surface area (Å²) < 4.78 is 8.92. The van der Waals surface area contributed by atoms with Gasteiger partial charge in [-0.2, -0.15) is 0 Å². The number of aromatic nitrogens is 2. The van der Waals surface area contributed by atoms with Crippen molar-refractivity contribution in [3.63, 3.8) is 0 Å².